The van der Waals surface area contributed by atoms with Gasteiger partial charge in [0.25, 0.3) is 0 Å². The van der Waals surface area contributed by atoms with Gasteiger partial charge in [-0.1, -0.05) is 6.07 Å². The summed E-state index contributed by atoms with van der Waals surface area (Å²) in [5, 5.41) is 0. The van der Waals surface area contributed by atoms with Gasteiger partial charge in [0.15, 0.2) is 11.5 Å². The molecular weight excluding hydrogens is 382 g/mol. The zero-order valence-electron chi connectivity index (χ0n) is 12.7. The minimum absolute atomic E-state index is 0.179. The molecule has 2 aromatic rings. The number of nitrogens with one attached hydrogen (secondary N) is 1. The van der Waals surface area contributed by atoms with Gasteiger partial charge in [0.2, 0.25) is 16.8 Å². The maximum absolute atomic E-state index is 12.5. The maximum Gasteiger partial charge on any atom is 0.242 e. The lowest BCUT2D eigenvalue weighted by Gasteiger charge is -2.11. The molecule has 0 bridgehead atoms. The summed E-state index contributed by atoms with van der Waals surface area (Å²) in [5.41, 5.74) is 2.76. The van der Waals surface area contributed by atoms with Crippen LogP contribution in [0.3, 0.4) is 0 Å². The lowest BCUT2D eigenvalue weighted by atomic mass is 10.1. The van der Waals surface area contributed by atoms with Crippen LogP contribution in [0.25, 0.3) is 0 Å². The molecule has 0 fully saturated rings. The standard InChI is InChI=1S/C16H16BrNO4S/c1-10-5-13(17)16(6-11(10)2)23(19,20)18-8-12-3-4-14-15(7-12)22-9-21-14/h3-7,18H,8-9H2,1-2H3. The molecule has 0 aromatic heterocycles. The Bertz CT molecular complexity index is 865. The summed E-state index contributed by atoms with van der Waals surface area (Å²) in [7, 11) is -3.61. The van der Waals surface area contributed by atoms with Crippen LogP contribution in [0.2, 0.25) is 0 Å². The average molecular weight is 398 g/mol. The molecule has 1 N–H and O–H groups in total. The second kappa shape index (κ2) is 6.14. The summed E-state index contributed by atoms with van der Waals surface area (Å²) in [5.74, 6) is 1.31. The molecule has 1 aliphatic heterocycles. The third kappa shape index (κ3) is 3.36. The molecule has 2 aromatic carbocycles. The van der Waals surface area contributed by atoms with Crippen LogP contribution in [0.15, 0.2) is 39.7 Å². The summed E-state index contributed by atoms with van der Waals surface area (Å²) in [6, 6.07) is 8.84. The largest absolute Gasteiger partial charge is 0.454 e. The molecule has 5 nitrogen and oxygen atoms in total. The quantitative estimate of drug-likeness (QED) is 0.859. The molecule has 0 radical (unpaired) electrons. The lowest BCUT2D eigenvalue weighted by Crippen LogP contribution is -2.23. The van der Waals surface area contributed by atoms with Gasteiger partial charge >= 0.3 is 0 Å². The van der Waals surface area contributed by atoms with Gasteiger partial charge in [0.05, 0.1) is 4.90 Å². The highest BCUT2D eigenvalue weighted by molar-refractivity contribution is 9.10. The normalized spacial score (nSPS) is 13.3. The first kappa shape index (κ1) is 16.3. The van der Waals surface area contributed by atoms with Gasteiger partial charge in [-0.2, -0.15) is 0 Å². The highest BCUT2D eigenvalue weighted by Gasteiger charge is 2.19. The Hall–Kier alpha value is -1.57. The second-order valence-corrected chi connectivity index (χ2v) is 7.97. The molecule has 0 unspecified atom stereocenters. The highest BCUT2D eigenvalue weighted by Crippen LogP contribution is 2.32. The third-order valence-electron chi connectivity index (χ3n) is 3.74. The monoisotopic (exact) mass is 397 g/mol. The predicted octanol–water partition coefficient (Wildman–Crippen LogP) is 3.27. The van der Waals surface area contributed by atoms with E-state index < -0.39 is 10.0 Å². The molecule has 3 rings (SSSR count). The van der Waals surface area contributed by atoms with E-state index in [0.29, 0.717) is 16.0 Å². The van der Waals surface area contributed by atoms with Crippen molar-refractivity contribution in [1.29, 1.82) is 0 Å². The average Bonchev–Trinajstić information content (AvgIpc) is 2.96. The second-order valence-electron chi connectivity index (χ2n) is 5.38. The molecule has 7 heteroatoms. The number of rotatable bonds is 4. The number of fused-ring (bicyclic) bond motifs is 1. The Morgan fingerprint density at radius 3 is 2.57 bits per heavy atom. The molecule has 1 aliphatic rings. The van der Waals surface area contributed by atoms with Crippen LogP contribution in [0.4, 0.5) is 0 Å². The first-order chi connectivity index (χ1) is 10.9. The molecular formula is C16H16BrNO4S. The Morgan fingerprint density at radius 2 is 1.78 bits per heavy atom. The van der Waals surface area contributed by atoms with E-state index in [2.05, 4.69) is 20.7 Å². The van der Waals surface area contributed by atoms with E-state index in [0.717, 1.165) is 16.7 Å². The fourth-order valence-electron chi connectivity index (χ4n) is 2.27. The van der Waals surface area contributed by atoms with Crippen molar-refractivity contribution in [3.8, 4) is 11.5 Å². The van der Waals surface area contributed by atoms with E-state index in [-0.39, 0.29) is 18.2 Å². The zero-order valence-corrected chi connectivity index (χ0v) is 15.1. The minimum atomic E-state index is -3.61. The van der Waals surface area contributed by atoms with Crippen LogP contribution >= 0.6 is 15.9 Å². The number of ether oxygens (including phenoxy) is 2. The first-order valence-corrected chi connectivity index (χ1v) is 9.29. The van der Waals surface area contributed by atoms with Gasteiger partial charge in [-0.25, -0.2) is 13.1 Å². The summed E-state index contributed by atoms with van der Waals surface area (Å²) in [6.07, 6.45) is 0. The Balaban J connectivity index is 1.81. The zero-order chi connectivity index (χ0) is 16.6. The van der Waals surface area contributed by atoms with Crippen LogP contribution in [-0.4, -0.2) is 15.2 Å². The number of benzene rings is 2. The van der Waals surface area contributed by atoms with Gasteiger partial charge in [-0.05, 0) is 70.7 Å². The Kier molecular flexibility index (Phi) is 4.35. The van der Waals surface area contributed by atoms with Crippen molar-refractivity contribution in [1.82, 2.24) is 4.72 Å². The summed E-state index contributed by atoms with van der Waals surface area (Å²) < 4.78 is 38.8. The van der Waals surface area contributed by atoms with E-state index in [1.807, 2.05) is 26.0 Å². The Labute approximate surface area is 143 Å². The van der Waals surface area contributed by atoms with Crippen molar-refractivity contribution < 1.29 is 17.9 Å². The lowest BCUT2D eigenvalue weighted by molar-refractivity contribution is 0.174. The molecule has 0 amide bonds. The van der Waals surface area contributed by atoms with Crippen LogP contribution < -0.4 is 14.2 Å². The number of aryl methyl sites for hydroxylation is 2. The van der Waals surface area contributed by atoms with Gasteiger partial charge in [0, 0.05) is 11.0 Å². The first-order valence-electron chi connectivity index (χ1n) is 7.02. The number of halogens is 1. The van der Waals surface area contributed by atoms with Crippen molar-refractivity contribution in [2.75, 3.05) is 6.79 Å². The van der Waals surface area contributed by atoms with E-state index >= 15 is 0 Å². The molecule has 0 aliphatic carbocycles. The maximum atomic E-state index is 12.5. The number of sulfonamides is 1. The minimum Gasteiger partial charge on any atom is -0.454 e. The van der Waals surface area contributed by atoms with Gasteiger partial charge in [-0.3, -0.25) is 0 Å². The molecule has 0 saturated heterocycles. The molecule has 0 atom stereocenters. The van der Waals surface area contributed by atoms with Crippen molar-refractivity contribution in [3.63, 3.8) is 0 Å². The SMILES string of the molecule is Cc1cc(Br)c(S(=O)(=O)NCc2ccc3c(c2)OCO3)cc1C. The summed E-state index contributed by atoms with van der Waals surface area (Å²) in [4.78, 5) is 0.237. The molecule has 122 valence electrons. The van der Waals surface area contributed by atoms with Gasteiger partial charge in [-0.15, -0.1) is 0 Å². The Morgan fingerprint density at radius 1 is 1.09 bits per heavy atom. The smallest absolute Gasteiger partial charge is 0.242 e. The third-order valence-corrected chi connectivity index (χ3v) is 6.10. The predicted molar refractivity (Wildman–Crippen MR) is 90.2 cm³/mol. The fourth-order valence-corrected chi connectivity index (χ4v) is 4.52. The van der Waals surface area contributed by atoms with Crippen molar-refractivity contribution in [2.45, 2.75) is 25.3 Å². The van der Waals surface area contributed by atoms with Crippen molar-refractivity contribution in [2.24, 2.45) is 0 Å². The molecule has 1 heterocycles. The van der Waals surface area contributed by atoms with E-state index in [1.54, 1.807) is 18.2 Å². The van der Waals surface area contributed by atoms with Crippen LogP contribution in [-0.2, 0) is 16.6 Å². The van der Waals surface area contributed by atoms with E-state index in [1.165, 1.54) is 0 Å². The molecule has 0 spiro atoms. The topological polar surface area (TPSA) is 64.6 Å². The van der Waals surface area contributed by atoms with Gasteiger partial charge in [0.1, 0.15) is 0 Å². The van der Waals surface area contributed by atoms with Crippen LogP contribution in [0.1, 0.15) is 16.7 Å². The highest BCUT2D eigenvalue weighted by atomic mass is 79.9. The fraction of sp³-hybridized carbons (Fsp3) is 0.250. The molecule has 0 saturated carbocycles. The van der Waals surface area contributed by atoms with E-state index in [9.17, 15) is 8.42 Å². The number of hydrogen-bond acceptors (Lipinski definition) is 4. The summed E-state index contributed by atoms with van der Waals surface area (Å²) >= 11 is 3.33. The van der Waals surface area contributed by atoms with E-state index in [4.69, 9.17) is 9.47 Å². The molecule has 23 heavy (non-hydrogen) atoms. The van der Waals surface area contributed by atoms with Gasteiger partial charge < -0.3 is 9.47 Å². The van der Waals surface area contributed by atoms with Crippen molar-refractivity contribution >= 4 is 26.0 Å². The van der Waals surface area contributed by atoms with Crippen LogP contribution in [0.5, 0.6) is 11.5 Å². The number of hydrogen-bond donors (Lipinski definition) is 1. The van der Waals surface area contributed by atoms with Crippen LogP contribution in [0, 0.1) is 13.8 Å². The summed E-state index contributed by atoms with van der Waals surface area (Å²) in [6.45, 7) is 4.20. The van der Waals surface area contributed by atoms with Crippen molar-refractivity contribution in [3.05, 3.63) is 51.5 Å².